The van der Waals surface area contributed by atoms with E-state index in [2.05, 4.69) is 20.3 Å². The molecule has 0 fully saturated rings. The molecule has 1 aromatic heterocycles. The van der Waals surface area contributed by atoms with E-state index in [0.29, 0.717) is 11.4 Å². The van der Waals surface area contributed by atoms with E-state index >= 15 is 0 Å². The van der Waals surface area contributed by atoms with Gasteiger partial charge in [0.05, 0.1) is 25.6 Å². The van der Waals surface area contributed by atoms with E-state index in [1.165, 1.54) is 43.8 Å². The number of methoxy groups -OCH3 is 2. The van der Waals surface area contributed by atoms with Crippen LogP contribution < -0.4 is 24.8 Å². The molecule has 0 aliphatic carbocycles. The number of amides is 1. The zero-order valence-electron chi connectivity index (χ0n) is 20.4. The van der Waals surface area contributed by atoms with E-state index in [-0.39, 0.29) is 22.8 Å². The van der Waals surface area contributed by atoms with Crippen LogP contribution in [0.2, 0.25) is 0 Å². The lowest BCUT2D eigenvalue weighted by atomic mass is 10.1. The maximum Gasteiger partial charge on any atom is 0.255 e. The molecular formula is C26H26N4O5S2. The van der Waals surface area contributed by atoms with Crippen LogP contribution in [0.5, 0.6) is 11.5 Å². The molecule has 192 valence electrons. The Labute approximate surface area is 219 Å². The van der Waals surface area contributed by atoms with Crippen molar-refractivity contribution in [2.24, 2.45) is 0 Å². The Morgan fingerprint density at radius 2 is 1.70 bits per heavy atom. The normalized spacial score (nSPS) is 11.1. The Morgan fingerprint density at radius 3 is 2.38 bits per heavy atom. The quantitative estimate of drug-likeness (QED) is 0.270. The smallest absolute Gasteiger partial charge is 0.255 e. The number of ether oxygens (including phenoxy) is 2. The first kappa shape index (κ1) is 26.1. The molecule has 9 nitrogen and oxygen atoms in total. The van der Waals surface area contributed by atoms with Gasteiger partial charge in [0, 0.05) is 30.1 Å². The number of sulfonamides is 1. The lowest BCUT2D eigenvalue weighted by Crippen LogP contribution is -2.24. The number of anilines is 2. The van der Waals surface area contributed by atoms with Crippen molar-refractivity contribution in [3.8, 4) is 22.8 Å². The van der Waals surface area contributed by atoms with E-state index in [0.717, 1.165) is 22.0 Å². The number of thiazole rings is 1. The minimum Gasteiger partial charge on any atom is -0.495 e. The summed E-state index contributed by atoms with van der Waals surface area (Å²) >= 11 is 1.47. The molecule has 1 heterocycles. The summed E-state index contributed by atoms with van der Waals surface area (Å²) in [6.45, 7) is 0.0959. The van der Waals surface area contributed by atoms with Gasteiger partial charge in [-0.15, -0.1) is 11.3 Å². The average molecular weight is 539 g/mol. The lowest BCUT2D eigenvalue weighted by Gasteiger charge is -2.14. The molecule has 0 aliphatic heterocycles. The summed E-state index contributed by atoms with van der Waals surface area (Å²) in [6, 6.07) is 18.7. The summed E-state index contributed by atoms with van der Waals surface area (Å²) < 4.78 is 39.4. The number of carbonyl (C=O) groups excluding carboxylic acids is 1. The summed E-state index contributed by atoms with van der Waals surface area (Å²) in [5.41, 5.74) is 2.89. The topological polar surface area (TPSA) is 119 Å². The summed E-state index contributed by atoms with van der Waals surface area (Å²) in [5.74, 6) is 0.0689. The van der Waals surface area contributed by atoms with Crippen LogP contribution in [0.1, 0.15) is 15.9 Å². The fourth-order valence-electron chi connectivity index (χ4n) is 3.56. The minimum absolute atomic E-state index is 0.0959. The third kappa shape index (κ3) is 6.08. The van der Waals surface area contributed by atoms with Crippen molar-refractivity contribution in [3.05, 3.63) is 83.2 Å². The van der Waals surface area contributed by atoms with Crippen molar-refractivity contribution >= 4 is 38.1 Å². The van der Waals surface area contributed by atoms with Gasteiger partial charge in [-0.25, -0.2) is 18.1 Å². The standard InChI is InChI=1S/C26H26N4O5S2/c1-27-26-30-21(16-36-26)18-9-11-22(34-2)20(13-18)29-25(31)19-10-12-23(35-3)24(14-19)37(32,33)28-15-17-7-5-4-6-8-17/h4-14,16,28H,15H2,1-3H3,(H,27,30)(H,29,31). The zero-order chi connectivity index (χ0) is 26.4. The Morgan fingerprint density at radius 1 is 0.973 bits per heavy atom. The van der Waals surface area contributed by atoms with Gasteiger partial charge in [-0.3, -0.25) is 4.79 Å². The SMILES string of the molecule is CNc1nc(-c2ccc(OC)c(NC(=O)c3ccc(OC)c(S(=O)(=O)NCc4ccccc4)c3)c2)cs1. The number of hydrogen-bond donors (Lipinski definition) is 3. The van der Waals surface area contributed by atoms with E-state index in [9.17, 15) is 13.2 Å². The van der Waals surface area contributed by atoms with E-state index in [1.54, 1.807) is 19.2 Å². The van der Waals surface area contributed by atoms with Crippen molar-refractivity contribution in [3.63, 3.8) is 0 Å². The highest BCUT2D eigenvalue weighted by atomic mass is 32.2. The van der Waals surface area contributed by atoms with Crippen LogP contribution in [0.3, 0.4) is 0 Å². The second-order valence-electron chi connectivity index (χ2n) is 7.83. The molecule has 0 radical (unpaired) electrons. The summed E-state index contributed by atoms with van der Waals surface area (Å²) in [7, 11) is 0.693. The molecule has 0 spiro atoms. The van der Waals surface area contributed by atoms with Gasteiger partial charge in [0.25, 0.3) is 5.91 Å². The van der Waals surface area contributed by atoms with Gasteiger partial charge < -0.3 is 20.1 Å². The van der Waals surface area contributed by atoms with Gasteiger partial charge in [0.15, 0.2) is 5.13 Å². The molecule has 0 bridgehead atoms. The molecule has 0 unspecified atom stereocenters. The second kappa shape index (κ2) is 11.4. The number of carbonyl (C=O) groups is 1. The van der Waals surface area contributed by atoms with Gasteiger partial charge in [0.2, 0.25) is 10.0 Å². The maximum atomic E-state index is 13.2. The largest absolute Gasteiger partial charge is 0.495 e. The van der Waals surface area contributed by atoms with Crippen LogP contribution in [0, 0.1) is 0 Å². The number of aromatic nitrogens is 1. The highest BCUT2D eigenvalue weighted by molar-refractivity contribution is 7.89. The zero-order valence-corrected chi connectivity index (χ0v) is 22.1. The molecule has 37 heavy (non-hydrogen) atoms. The molecule has 3 aromatic carbocycles. The highest BCUT2D eigenvalue weighted by Gasteiger charge is 2.22. The molecular weight excluding hydrogens is 512 g/mol. The average Bonchev–Trinajstić information content (AvgIpc) is 3.41. The van der Waals surface area contributed by atoms with Crippen LogP contribution >= 0.6 is 11.3 Å². The Balaban J connectivity index is 1.60. The molecule has 1 amide bonds. The van der Waals surface area contributed by atoms with E-state index in [4.69, 9.17) is 9.47 Å². The first-order valence-electron chi connectivity index (χ1n) is 11.2. The first-order chi connectivity index (χ1) is 17.8. The third-order valence-electron chi connectivity index (χ3n) is 5.49. The van der Waals surface area contributed by atoms with Crippen LogP contribution in [-0.4, -0.2) is 40.6 Å². The van der Waals surface area contributed by atoms with Crippen LogP contribution in [0.25, 0.3) is 11.3 Å². The molecule has 4 aromatic rings. The fraction of sp³-hybridized carbons (Fsp3) is 0.154. The number of hydrogen-bond acceptors (Lipinski definition) is 8. The van der Waals surface area contributed by atoms with E-state index in [1.807, 2.05) is 41.8 Å². The predicted octanol–water partition coefficient (Wildman–Crippen LogP) is 4.60. The van der Waals surface area contributed by atoms with Crippen molar-refractivity contribution < 1.29 is 22.7 Å². The number of nitrogens with zero attached hydrogens (tertiary/aromatic N) is 1. The van der Waals surface area contributed by atoms with Crippen molar-refractivity contribution in [1.82, 2.24) is 9.71 Å². The first-order valence-corrected chi connectivity index (χ1v) is 13.6. The number of nitrogens with one attached hydrogen (secondary N) is 3. The van der Waals surface area contributed by atoms with Crippen LogP contribution in [-0.2, 0) is 16.6 Å². The number of rotatable bonds is 10. The van der Waals surface area contributed by atoms with Crippen molar-refractivity contribution in [2.45, 2.75) is 11.4 Å². The molecule has 4 rings (SSSR count). The molecule has 0 saturated carbocycles. The Kier molecular flexibility index (Phi) is 8.07. The maximum absolute atomic E-state index is 13.2. The monoisotopic (exact) mass is 538 g/mol. The van der Waals surface area contributed by atoms with Gasteiger partial charge in [-0.2, -0.15) is 0 Å². The summed E-state index contributed by atoms with van der Waals surface area (Å²) in [5, 5.41) is 8.50. The summed E-state index contributed by atoms with van der Waals surface area (Å²) in [4.78, 5) is 17.6. The van der Waals surface area contributed by atoms with Crippen molar-refractivity contribution in [2.75, 3.05) is 31.9 Å². The van der Waals surface area contributed by atoms with Gasteiger partial charge in [-0.1, -0.05) is 30.3 Å². The molecule has 0 aliphatic rings. The van der Waals surface area contributed by atoms with Gasteiger partial charge >= 0.3 is 0 Å². The summed E-state index contributed by atoms with van der Waals surface area (Å²) in [6.07, 6.45) is 0. The Bertz CT molecular complexity index is 1500. The molecule has 3 N–H and O–H groups in total. The van der Waals surface area contributed by atoms with Crippen LogP contribution in [0.4, 0.5) is 10.8 Å². The Hall–Kier alpha value is -3.93. The molecule has 11 heteroatoms. The highest BCUT2D eigenvalue weighted by Crippen LogP contribution is 2.33. The lowest BCUT2D eigenvalue weighted by molar-refractivity contribution is 0.102. The number of benzene rings is 3. The third-order valence-corrected chi connectivity index (χ3v) is 7.77. The second-order valence-corrected chi connectivity index (χ2v) is 10.4. The molecule has 0 saturated heterocycles. The predicted molar refractivity (Wildman–Crippen MR) is 145 cm³/mol. The van der Waals surface area contributed by atoms with Gasteiger partial charge in [-0.05, 0) is 42.0 Å². The molecule has 0 atom stereocenters. The van der Waals surface area contributed by atoms with E-state index < -0.39 is 15.9 Å². The fourth-order valence-corrected chi connectivity index (χ4v) is 5.45. The van der Waals surface area contributed by atoms with Crippen molar-refractivity contribution in [1.29, 1.82) is 0 Å². The van der Waals surface area contributed by atoms with Gasteiger partial charge in [0.1, 0.15) is 16.4 Å². The minimum atomic E-state index is -3.98. The van der Waals surface area contributed by atoms with Crippen LogP contribution in [0.15, 0.2) is 77.0 Å².